The third kappa shape index (κ3) is 2.57. The molecule has 2 aliphatic rings. The van der Waals surface area contributed by atoms with Gasteiger partial charge >= 0.3 is 0 Å². The average molecular weight is 276 g/mol. The third-order valence-corrected chi connectivity index (χ3v) is 6.41. The molecule has 2 rings (SSSR count). The summed E-state index contributed by atoms with van der Waals surface area (Å²) in [7, 11) is -1.19. The van der Waals surface area contributed by atoms with Crippen LogP contribution in [-0.2, 0) is 14.6 Å². The molecule has 18 heavy (non-hydrogen) atoms. The van der Waals surface area contributed by atoms with E-state index in [0.29, 0.717) is 18.9 Å². The predicted molar refractivity (Wildman–Crippen MR) is 71.2 cm³/mol. The molecule has 0 aromatic rings. The van der Waals surface area contributed by atoms with Gasteiger partial charge in [-0.25, -0.2) is 8.42 Å². The van der Waals surface area contributed by atoms with Crippen molar-refractivity contribution in [2.45, 2.75) is 31.4 Å². The number of rotatable bonds is 3. The molecule has 2 saturated heterocycles. The van der Waals surface area contributed by atoms with Crippen LogP contribution in [0, 0.1) is 5.92 Å². The summed E-state index contributed by atoms with van der Waals surface area (Å²) in [6.45, 7) is 4.32. The van der Waals surface area contributed by atoms with Crippen molar-refractivity contribution in [1.82, 2.24) is 4.90 Å². The predicted octanol–water partition coefficient (Wildman–Crippen LogP) is -0.141. The average Bonchev–Trinajstić information content (AvgIpc) is 2.67. The fraction of sp³-hybridized carbons (Fsp3) is 1.00. The molecule has 0 aromatic carbocycles. The van der Waals surface area contributed by atoms with E-state index in [1.165, 1.54) is 0 Å². The maximum atomic E-state index is 11.7. The highest BCUT2D eigenvalue weighted by Crippen LogP contribution is 2.33. The van der Waals surface area contributed by atoms with Crippen LogP contribution in [0.25, 0.3) is 0 Å². The van der Waals surface area contributed by atoms with Crippen LogP contribution in [0.2, 0.25) is 0 Å². The molecule has 0 bridgehead atoms. The zero-order valence-corrected chi connectivity index (χ0v) is 12.1. The van der Waals surface area contributed by atoms with E-state index in [4.69, 9.17) is 10.5 Å². The highest BCUT2D eigenvalue weighted by atomic mass is 32.2. The van der Waals surface area contributed by atoms with Gasteiger partial charge in [0.1, 0.15) is 0 Å². The van der Waals surface area contributed by atoms with Gasteiger partial charge in [0.25, 0.3) is 0 Å². The number of ether oxygens (including phenoxy) is 1. The number of piperidine rings is 1. The summed E-state index contributed by atoms with van der Waals surface area (Å²) < 4.78 is 29.0. The summed E-state index contributed by atoms with van der Waals surface area (Å²) in [5.74, 6) is 1.01. The number of hydrogen-bond donors (Lipinski definition) is 1. The SMILES string of the molecule is COC1CN(C2(CN)CCS(=O)(=O)C2)CCC1C. The second kappa shape index (κ2) is 5.07. The number of hydrogen-bond acceptors (Lipinski definition) is 5. The Morgan fingerprint density at radius 1 is 1.50 bits per heavy atom. The minimum atomic E-state index is -2.92. The molecule has 6 heteroatoms. The van der Waals surface area contributed by atoms with Crippen molar-refractivity contribution in [3.8, 4) is 0 Å². The van der Waals surface area contributed by atoms with Gasteiger partial charge in [0.2, 0.25) is 0 Å². The fourth-order valence-electron chi connectivity index (χ4n) is 3.21. The van der Waals surface area contributed by atoms with Crippen molar-refractivity contribution in [2.24, 2.45) is 11.7 Å². The Labute approximate surface area is 110 Å². The molecule has 0 spiro atoms. The summed E-state index contributed by atoms with van der Waals surface area (Å²) in [6, 6.07) is 0. The Kier molecular flexibility index (Phi) is 4.02. The van der Waals surface area contributed by atoms with Crippen molar-refractivity contribution in [2.75, 3.05) is 38.2 Å². The molecule has 3 atom stereocenters. The zero-order chi connectivity index (χ0) is 13.4. The molecule has 0 aromatic heterocycles. The summed E-state index contributed by atoms with van der Waals surface area (Å²) >= 11 is 0. The van der Waals surface area contributed by atoms with Crippen molar-refractivity contribution in [3.63, 3.8) is 0 Å². The number of methoxy groups -OCH3 is 1. The fourth-order valence-corrected chi connectivity index (χ4v) is 5.31. The molecule has 0 radical (unpaired) electrons. The normalized spacial score (nSPS) is 41.1. The molecule has 0 saturated carbocycles. The number of likely N-dealkylation sites (tertiary alicyclic amines) is 1. The van der Waals surface area contributed by atoms with Crippen LogP contribution >= 0.6 is 0 Å². The Morgan fingerprint density at radius 2 is 2.22 bits per heavy atom. The second-order valence-electron chi connectivity index (χ2n) is 5.76. The molecule has 2 heterocycles. The highest BCUT2D eigenvalue weighted by molar-refractivity contribution is 7.91. The van der Waals surface area contributed by atoms with Gasteiger partial charge < -0.3 is 10.5 Å². The maximum Gasteiger partial charge on any atom is 0.152 e. The monoisotopic (exact) mass is 276 g/mol. The van der Waals surface area contributed by atoms with Gasteiger partial charge in [-0.1, -0.05) is 6.92 Å². The van der Waals surface area contributed by atoms with Crippen molar-refractivity contribution < 1.29 is 13.2 Å². The smallest absolute Gasteiger partial charge is 0.152 e. The lowest BCUT2D eigenvalue weighted by Crippen LogP contribution is -2.60. The van der Waals surface area contributed by atoms with Gasteiger partial charge in [-0.3, -0.25) is 4.90 Å². The van der Waals surface area contributed by atoms with Gasteiger partial charge in [-0.2, -0.15) is 0 Å². The van der Waals surface area contributed by atoms with Crippen LogP contribution in [0.5, 0.6) is 0 Å². The molecular formula is C12H24N2O3S. The van der Waals surface area contributed by atoms with E-state index in [9.17, 15) is 8.42 Å². The lowest BCUT2D eigenvalue weighted by atomic mass is 9.89. The molecule has 2 fully saturated rings. The van der Waals surface area contributed by atoms with Gasteiger partial charge in [0, 0.05) is 25.7 Å². The molecule has 3 unspecified atom stereocenters. The molecule has 2 N–H and O–H groups in total. The topological polar surface area (TPSA) is 72.6 Å². The number of nitrogens with zero attached hydrogens (tertiary/aromatic N) is 1. The summed E-state index contributed by atoms with van der Waals surface area (Å²) in [5, 5.41) is 0. The van der Waals surface area contributed by atoms with Crippen molar-refractivity contribution >= 4 is 9.84 Å². The Balaban J connectivity index is 2.14. The van der Waals surface area contributed by atoms with Crippen molar-refractivity contribution in [3.05, 3.63) is 0 Å². The van der Waals surface area contributed by atoms with E-state index in [1.54, 1.807) is 7.11 Å². The minimum Gasteiger partial charge on any atom is -0.380 e. The van der Waals surface area contributed by atoms with E-state index in [0.717, 1.165) is 19.5 Å². The van der Waals surface area contributed by atoms with Crippen LogP contribution < -0.4 is 5.73 Å². The summed E-state index contributed by atoms with van der Waals surface area (Å²) in [4.78, 5) is 2.26. The van der Waals surface area contributed by atoms with E-state index >= 15 is 0 Å². The van der Waals surface area contributed by atoms with Gasteiger partial charge in [0.05, 0.1) is 17.6 Å². The van der Waals surface area contributed by atoms with E-state index < -0.39 is 9.84 Å². The first kappa shape index (κ1) is 14.2. The van der Waals surface area contributed by atoms with E-state index in [2.05, 4.69) is 11.8 Å². The molecule has 0 aliphatic carbocycles. The van der Waals surface area contributed by atoms with Crippen LogP contribution in [0.1, 0.15) is 19.8 Å². The van der Waals surface area contributed by atoms with Crippen LogP contribution in [-0.4, -0.2) is 63.2 Å². The molecule has 2 aliphatic heterocycles. The van der Waals surface area contributed by atoms with Crippen LogP contribution in [0.3, 0.4) is 0 Å². The van der Waals surface area contributed by atoms with Crippen molar-refractivity contribution in [1.29, 1.82) is 0 Å². The molecular weight excluding hydrogens is 252 g/mol. The van der Waals surface area contributed by atoms with E-state index in [-0.39, 0.29) is 23.1 Å². The standard InChI is InChI=1S/C12H24N2O3S/c1-10-3-5-14(7-11(10)17-2)12(8-13)4-6-18(15,16)9-12/h10-11H,3-9,13H2,1-2H3. The second-order valence-corrected chi connectivity index (χ2v) is 7.94. The Hall–Kier alpha value is -0.170. The highest BCUT2D eigenvalue weighted by Gasteiger charge is 2.47. The summed E-state index contributed by atoms with van der Waals surface area (Å²) in [5.41, 5.74) is 5.54. The maximum absolute atomic E-state index is 11.7. The molecule has 5 nitrogen and oxygen atoms in total. The first-order valence-electron chi connectivity index (χ1n) is 6.61. The molecule has 0 amide bonds. The number of nitrogens with two attached hydrogens (primary N) is 1. The Bertz CT molecular complexity index is 398. The lowest BCUT2D eigenvalue weighted by molar-refractivity contribution is -0.0382. The third-order valence-electron chi connectivity index (χ3n) is 4.61. The quantitative estimate of drug-likeness (QED) is 0.777. The zero-order valence-electron chi connectivity index (χ0n) is 11.3. The Morgan fingerprint density at radius 3 is 2.72 bits per heavy atom. The first-order chi connectivity index (χ1) is 8.42. The largest absolute Gasteiger partial charge is 0.380 e. The van der Waals surface area contributed by atoms with Crippen LogP contribution in [0.4, 0.5) is 0 Å². The summed E-state index contributed by atoms with van der Waals surface area (Å²) in [6.07, 6.45) is 1.89. The molecule has 106 valence electrons. The first-order valence-corrected chi connectivity index (χ1v) is 8.43. The number of sulfone groups is 1. The van der Waals surface area contributed by atoms with Crippen LogP contribution in [0.15, 0.2) is 0 Å². The minimum absolute atomic E-state index is 0.186. The van der Waals surface area contributed by atoms with Gasteiger partial charge in [0.15, 0.2) is 9.84 Å². The lowest BCUT2D eigenvalue weighted by Gasteiger charge is -2.46. The van der Waals surface area contributed by atoms with Gasteiger partial charge in [-0.05, 0) is 25.3 Å². The van der Waals surface area contributed by atoms with Gasteiger partial charge in [-0.15, -0.1) is 0 Å². The van der Waals surface area contributed by atoms with E-state index in [1.807, 2.05) is 0 Å².